The van der Waals surface area contributed by atoms with Crippen LogP contribution in [0.4, 0.5) is 0 Å². The summed E-state index contributed by atoms with van der Waals surface area (Å²) in [5.41, 5.74) is 2.62. The Morgan fingerprint density at radius 2 is 1.90 bits per heavy atom. The van der Waals surface area contributed by atoms with E-state index < -0.39 is 18.0 Å². The molecule has 0 amide bonds. The Kier molecular flexibility index (Phi) is 8.07. The van der Waals surface area contributed by atoms with Crippen molar-refractivity contribution < 1.29 is 28.6 Å². The SMILES string of the molecule is COc1ccc(Br)cc1[C@@H]1C(C(=O)OC(C)C)=C(C)N=c2s/c(=C\c3ccc(-c4ccc(C(=O)O)cc4C)o3)c(=O)n21. The first kappa shape index (κ1) is 29.3. The molecule has 0 aliphatic carbocycles. The number of hydrogen-bond acceptors (Lipinski definition) is 8. The number of halogens is 1. The van der Waals surface area contributed by atoms with E-state index in [0.717, 1.165) is 15.6 Å². The molecule has 2 aromatic carbocycles. The van der Waals surface area contributed by atoms with Crippen molar-refractivity contribution in [1.82, 2.24) is 4.57 Å². The topological polar surface area (TPSA) is 120 Å². The average molecular weight is 652 g/mol. The van der Waals surface area contributed by atoms with Crippen LogP contribution in [-0.4, -0.2) is 34.8 Å². The van der Waals surface area contributed by atoms with Crippen molar-refractivity contribution in [2.75, 3.05) is 7.11 Å². The average Bonchev–Trinajstić information content (AvgIpc) is 3.51. The van der Waals surface area contributed by atoms with E-state index in [2.05, 4.69) is 20.9 Å². The molecular formula is C31H27BrN2O7S. The maximum atomic E-state index is 14.0. The molecular weight excluding hydrogens is 624 g/mol. The quantitative estimate of drug-likeness (QED) is 0.272. The fraction of sp³-hybridized carbons (Fsp3) is 0.226. The van der Waals surface area contributed by atoms with Gasteiger partial charge in [0.1, 0.15) is 23.3 Å². The molecule has 3 heterocycles. The van der Waals surface area contributed by atoms with Gasteiger partial charge in [-0.2, -0.15) is 0 Å². The summed E-state index contributed by atoms with van der Waals surface area (Å²) >= 11 is 4.69. The van der Waals surface area contributed by atoms with Gasteiger partial charge >= 0.3 is 11.9 Å². The lowest BCUT2D eigenvalue weighted by Crippen LogP contribution is -2.40. The zero-order valence-electron chi connectivity index (χ0n) is 23.4. The second-order valence-electron chi connectivity index (χ2n) is 9.96. The Balaban J connectivity index is 1.65. The monoisotopic (exact) mass is 650 g/mol. The molecule has 5 rings (SSSR count). The molecule has 0 saturated heterocycles. The Hall–Kier alpha value is -4.22. The standard InChI is InChI=1S/C31H27BrN2O7S/c1-15(2)40-30(38)26-17(4)33-31-34(27(26)22-13-19(32)7-10-23(22)39-5)28(35)25(42-31)14-20-8-11-24(41-20)21-9-6-18(29(36)37)12-16(21)3/h6-15,27H,1-5H3,(H,36,37)/b25-14-/t27-/m1/s1. The zero-order valence-corrected chi connectivity index (χ0v) is 25.8. The molecule has 11 heteroatoms. The summed E-state index contributed by atoms with van der Waals surface area (Å²) in [6, 6.07) is 12.9. The van der Waals surface area contributed by atoms with Gasteiger partial charge in [0, 0.05) is 21.7 Å². The summed E-state index contributed by atoms with van der Waals surface area (Å²) in [7, 11) is 1.53. The Morgan fingerprint density at radius 1 is 1.14 bits per heavy atom. The van der Waals surface area contributed by atoms with Crippen LogP contribution in [0.5, 0.6) is 5.75 Å². The van der Waals surface area contributed by atoms with Crippen LogP contribution in [0.15, 0.2) is 78.5 Å². The van der Waals surface area contributed by atoms with E-state index in [1.165, 1.54) is 29.1 Å². The third-order valence-corrected chi connectivity index (χ3v) is 8.19. The lowest BCUT2D eigenvalue weighted by molar-refractivity contribution is -0.143. The summed E-state index contributed by atoms with van der Waals surface area (Å²) in [6.07, 6.45) is 1.26. The summed E-state index contributed by atoms with van der Waals surface area (Å²) in [5.74, 6) is -0.0943. The molecule has 1 atom stereocenters. The number of esters is 1. The number of carboxylic acid groups (broad SMARTS) is 1. The lowest BCUT2D eigenvalue weighted by Gasteiger charge is -2.26. The van der Waals surface area contributed by atoms with Crippen molar-refractivity contribution in [3.63, 3.8) is 0 Å². The minimum atomic E-state index is -1.00. The first-order valence-corrected chi connectivity index (χ1v) is 14.6. The van der Waals surface area contributed by atoms with Crippen molar-refractivity contribution in [3.05, 3.63) is 106 Å². The van der Waals surface area contributed by atoms with Crippen LogP contribution in [0.3, 0.4) is 0 Å². The highest BCUT2D eigenvalue weighted by Gasteiger charge is 2.35. The fourth-order valence-corrected chi connectivity index (χ4v) is 6.26. The molecule has 1 N–H and O–H groups in total. The molecule has 1 aliphatic heterocycles. The van der Waals surface area contributed by atoms with Gasteiger partial charge < -0.3 is 19.0 Å². The van der Waals surface area contributed by atoms with Crippen LogP contribution in [0.1, 0.15) is 54.1 Å². The Morgan fingerprint density at radius 3 is 2.57 bits per heavy atom. The van der Waals surface area contributed by atoms with Crippen LogP contribution in [0, 0.1) is 6.92 Å². The molecule has 0 bridgehead atoms. The number of rotatable bonds is 7. The predicted molar refractivity (Wildman–Crippen MR) is 162 cm³/mol. The first-order chi connectivity index (χ1) is 20.0. The predicted octanol–water partition coefficient (Wildman–Crippen LogP) is 5.22. The van der Waals surface area contributed by atoms with E-state index in [1.54, 1.807) is 57.2 Å². The highest BCUT2D eigenvalue weighted by atomic mass is 79.9. The Bertz CT molecular complexity index is 1950. The lowest BCUT2D eigenvalue weighted by atomic mass is 9.95. The van der Waals surface area contributed by atoms with Crippen molar-refractivity contribution in [3.8, 4) is 17.1 Å². The number of furan rings is 1. The first-order valence-electron chi connectivity index (χ1n) is 13.0. The largest absolute Gasteiger partial charge is 0.496 e. The van der Waals surface area contributed by atoms with Gasteiger partial charge in [0.25, 0.3) is 5.56 Å². The molecule has 0 saturated carbocycles. The maximum Gasteiger partial charge on any atom is 0.338 e. The van der Waals surface area contributed by atoms with Crippen molar-refractivity contribution in [1.29, 1.82) is 0 Å². The van der Waals surface area contributed by atoms with Crippen molar-refractivity contribution in [2.24, 2.45) is 4.99 Å². The van der Waals surface area contributed by atoms with E-state index in [9.17, 15) is 19.5 Å². The van der Waals surface area contributed by atoms with Crippen molar-refractivity contribution in [2.45, 2.75) is 39.8 Å². The van der Waals surface area contributed by atoms with Gasteiger partial charge in [-0.25, -0.2) is 14.6 Å². The number of ether oxygens (including phenoxy) is 2. The third-order valence-electron chi connectivity index (χ3n) is 6.71. The van der Waals surface area contributed by atoms with Gasteiger partial charge in [0.2, 0.25) is 0 Å². The van der Waals surface area contributed by atoms with Crippen LogP contribution in [0.2, 0.25) is 0 Å². The van der Waals surface area contributed by atoms with Crippen LogP contribution in [0.25, 0.3) is 17.4 Å². The molecule has 9 nitrogen and oxygen atoms in total. The summed E-state index contributed by atoms with van der Waals surface area (Å²) in [6.45, 7) is 7.05. The van der Waals surface area contributed by atoms with E-state index in [0.29, 0.717) is 37.9 Å². The highest BCUT2D eigenvalue weighted by Crippen LogP contribution is 2.37. The maximum absolute atomic E-state index is 14.0. The van der Waals surface area contributed by atoms with E-state index in [-0.39, 0.29) is 22.8 Å². The van der Waals surface area contributed by atoms with Crippen LogP contribution >= 0.6 is 27.3 Å². The van der Waals surface area contributed by atoms with Gasteiger partial charge in [-0.1, -0.05) is 33.3 Å². The highest BCUT2D eigenvalue weighted by molar-refractivity contribution is 9.10. The number of allylic oxidation sites excluding steroid dienone is 1. The number of fused-ring (bicyclic) bond motifs is 1. The van der Waals surface area contributed by atoms with E-state index in [1.807, 2.05) is 19.1 Å². The number of aromatic carboxylic acids is 1. The number of methoxy groups -OCH3 is 1. The molecule has 0 unspecified atom stereocenters. The second-order valence-corrected chi connectivity index (χ2v) is 11.9. The van der Waals surface area contributed by atoms with Crippen molar-refractivity contribution >= 4 is 45.3 Å². The van der Waals surface area contributed by atoms with Crippen LogP contribution < -0.4 is 19.6 Å². The molecule has 0 spiro atoms. The third kappa shape index (κ3) is 5.49. The molecule has 1 aliphatic rings. The summed E-state index contributed by atoms with van der Waals surface area (Å²) in [4.78, 5) is 43.7. The minimum Gasteiger partial charge on any atom is -0.496 e. The number of nitrogens with zero attached hydrogens (tertiary/aromatic N) is 2. The van der Waals surface area contributed by atoms with Gasteiger partial charge in [0.15, 0.2) is 4.80 Å². The molecule has 216 valence electrons. The number of benzene rings is 2. The van der Waals surface area contributed by atoms with Gasteiger partial charge in [0.05, 0.1) is 34.6 Å². The molecule has 42 heavy (non-hydrogen) atoms. The number of carboxylic acids is 1. The zero-order chi connectivity index (χ0) is 30.3. The number of hydrogen-bond donors (Lipinski definition) is 1. The second kappa shape index (κ2) is 11.6. The Labute approximate surface area is 253 Å². The number of aryl methyl sites for hydroxylation is 1. The number of carbonyl (C=O) groups excluding carboxylic acids is 1. The molecule has 4 aromatic rings. The number of carbonyl (C=O) groups is 2. The number of aromatic nitrogens is 1. The smallest absolute Gasteiger partial charge is 0.338 e. The summed E-state index contributed by atoms with van der Waals surface area (Å²) in [5, 5.41) is 9.27. The number of thiazole rings is 1. The van der Waals surface area contributed by atoms with Gasteiger partial charge in [-0.05, 0) is 75.7 Å². The van der Waals surface area contributed by atoms with Gasteiger partial charge in [-0.3, -0.25) is 9.36 Å². The van der Waals surface area contributed by atoms with Gasteiger partial charge in [-0.15, -0.1) is 0 Å². The minimum absolute atomic E-state index is 0.188. The normalized spacial score (nSPS) is 15.0. The van der Waals surface area contributed by atoms with Crippen LogP contribution in [-0.2, 0) is 9.53 Å². The van der Waals surface area contributed by atoms with E-state index >= 15 is 0 Å². The molecule has 0 fully saturated rings. The molecule has 0 radical (unpaired) electrons. The van der Waals surface area contributed by atoms with E-state index in [4.69, 9.17) is 13.9 Å². The summed E-state index contributed by atoms with van der Waals surface area (Å²) < 4.78 is 19.9. The molecule has 2 aromatic heterocycles. The fourth-order valence-electron chi connectivity index (χ4n) is 4.85.